The normalized spacial score (nSPS) is 10.3. The Labute approximate surface area is 81.6 Å². The van der Waals surface area contributed by atoms with Crippen LogP contribution in [0.2, 0.25) is 0 Å². The van der Waals surface area contributed by atoms with Gasteiger partial charge in [-0.15, -0.1) is 0 Å². The van der Waals surface area contributed by atoms with Crippen LogP contribution in [0, 0.1) is 11.3 Å². The van der Waals surface area contributed by atoms with Gasteiger partial charge in [0.15, 0.2) is 0 Å². The monoisotopic (exact) mass is 186 g/mol. The lowest BCUT2D eigenvalue weighted by molar-refractivity contribution is 1.08. The predicted molar refractivity (Wildman–Crippen MR) is 53.7 cm³/mol. The van der Waals surface area contributed by atoms with Gasteiger partial charge in [-0.1, -0.05) is 6.92 Å². The highest BCUT2D eigenvalue weighted by Crippen LogP contribution is 2.17. The van der Waals surface area contributed by atoms with Gasteiger partial charge in [-0.05, 0) is 12.5 Å². The van der Waals surface area contributed by atoms with E-state index in [0.29, 0.717) is 11.4 Å². The zero-order chi connectivity index (χ0) is 10.1. The molecule has 0 aliphatic heterocycles. The summed E-state index contributed by atoms with van der Waals surface area (Å²) in [5, 5.41) is 8.90. The quantitative estimate of drug-likeness (QED) is 0.731. The highest BCUT2D eigenvalue weighted by atomic mass is 15.1. The lowest BCUT2D eigenvalue weighted by atomic mass is 10.1. The molecule has 0 fully saturated rings. The van der Waals surface area contributed by atoms with E-state index in [2.05, 4.69) is 11.1 Å². The van der Waals surface area contributed by atoms with Crippen LogP contribution in [0.1, 0.15) is 18.1 Å². The van der Waals surface area contributed by atoms with Gasteiger partial charge in [0.25, 0.3) is 0 Å². The van der Waals surface area contributed by atoms with Gasteiger partial charge in [-0.25, -0.2) is 4.98 Å². The number of pyridine rings is 1. The SMILES string of the molecule is CCc1c(C#N)ccn2c(N)cnc12. The Hall–Kier alpha value is -2.02. The molecule has 0 saturated carbocycles. The Balaban J connectivity index is 2.86. The molecule has 0 spiro atoms. The Kier molecular flexibility index (Phi) is 1.86. The first-order valence-electron chi connectivity index (χ1n) is 4.42. The van der Waals surface area contributed by atoms with Gasteiger partial charge in [0, 0.05) is 11.8 Å². The number of nitrogens with zero attached hydrogens (tertiary/aromatic N) is 3. The molecule has 0 aliphatic rings. The number of nitrogens with two attached hydrogens (primary N) is 1. The van der Waals surface area contributed by atoms with Crippen LogP contribution >= 0.6 is 0 Å². The van der Waals surface area contributed by atoms with Crippen molar-refractivity contribution in [1.29, 1.82) is 5.26 Å². The van der Waals surface area contributed by atoms with Crippen molar-refractivity contribution < 1.29 is 0 Å². The van der Waals surface area contributed by atoms with Crippen molar-refractivity contribution in [3.05, 3.63) is 29.6 Å². The summed E-state index contributed by atoms with van der Waals surface area (Å²) in [7, 11) is 0. The number of hydrogen-bond donors (Lipinski definition) is 1. The molecule has 0 aliphatic carbocycles. The summed E-state index contributed by atoms with van der Waals surface area (Å²) in [6, 6.07) is 3.92. The summed E-state index contributed by atoms with van der Waals surface area (Å²) >= 11 is 0. The fraction of sp³-hybridized carbons (Fsp3) is 0.200. The van der Waals surface area contributed by atoms with Crippen molar-refractivity contribution in [2.45, 2.75) is 13.3 Å². The highest BCUT2D eigenvalue weighted by molar-refractivity contribution is 5.59. The lowest BCUT2D eigenvalue weighted by Crippen LogP contribution is -1.97. The smallest absolute Gasteiger partial charge is 0.142 e. The summed E-state index contributed by atoms with van der Waals surface area (Å²) in [4.78, 5) is 4.18. The molecule has 2 aromatic rings. The maximum absolute atomic E-state index is 8.90. The Morgan fingerprint density at radius 1 is 1.64 bits per heavy atom. The van der Waals surface area contributed by atoms with Crippen LogP contribution in [-0.4, -0.2) is 9.38 Å². The average Bonchev–Trinajstić information content (AvgIpc) is 2.59. The maximum Gasteiger partial charge on any atom is 0.142 e. The summed E-state index contributed by atoms with van der Waals surface area (Å²) in [5.74, 6) is 0.596. The molecule has 70 valence electrons. The first-order chi connectivity index (χ1) is 6.77. The topological polar surface area (TPSA) is 67.1 Å². The van der Waals surface area contributed by atoms with Crippen LogP contribution in [0.25, 0.3) is 5.65 Å². The van der Waals surface area contributed by atoms with E-state index in [1.165, 1.54) is 0 Å². The number of nitriles is 1. The molecule has 2 N–H and O–H groups in total. The number of hydrogen-bond acceptors (Lipinski definition) is 3. The first-order valence-corrected chi connectivity index (χ1v) is 4.42. The first kappa shape index (κ1) is 8.57. The van der Waals surface area contributed by atoms with E-state index in [4.69, 9.17) is 11.0 Å². The molecule has 0 atom stereocenters. The van der Waals surface area contributed by atoms with Crippen molar-refractivity contribution in [3.8, 4) is 6.07 Å². The molecule has 0 radical (unpaired) electrons. The second-order valence-electron chi connectivity index (χ2n) is 3.05. The summed E-state index contributed by atoms with van der Waals surface area (Å²) < 4.78 is 1.79. The van der Waals surface area contributed by atoms with E-state index < -0.39 is 0 Å². The number of imidazole rings is 1. The van der Waals surface area contributed by atoms with Crippen LogP contribution in [0.15, 0.2) is 18.5 Å². The number of rotatable bonds is 1. The molecule has 0 bridgehead atoms. The van der Waals surface area contributed by atoms with E-state index in [-0.39, 0.29) is 0 Å². The zero-order valence-corrected chi connectivity index (χ0v) is 7.86. The van der Waals surface area contributed by atoms with Gasteiger partial charge in [0.05, 0.1) is 17.8 Å². The minimum absolute atomic E-state index is 0.596. The van der Waals surface area contributed by atoms with Gasteiger partial charge < -0.3 is 5.73 Å². The number of aryl methyl sites for hydroxylation is 1. The predicted octanol–water partition coefficient (Wildman–Crippen LogP) is 1.35. The van der Waals surface area contributed by atoms with Gasteiger partial charge in [0.1, 0.15) is 11.5 Å². The molecule has 0 aromatic carbocycles. The third kappa shape index (κ3) is 1.03. The highest BCUT2D eigenvalue weighted by Gasteiger charge is 2.08. The largest absolute Gasteiger partial charge is 0.383 e. The number of fused-ring (bicyclic) bond motifs is 1. The van der Waals surface area contributed by atoms with Gasteiger partial charge in [-0.3, -0.25) is 4.40 Å². The maximum atomic E-state index is 8.90. The van der Waals surface area contributed by atoms with E-state index in [9.17, 15) is 0 Å². The molecule has 14 heavy (non-hydrogen) atoms. The van der Waals surface area contributed by atoms with Crippen molar-refractivity contribution in [3.63, 3.8) is 0 Å². The van der Waals surface area contributed by atoms with Crippen LogP contribution in [-0.2, 0) is 6.42 Å². The molecule has 2 heterocycles. The Bertz CT molecular complexity index is 519. The van der Waals surface area contributed by atoms with Crippen LogP contribution < -0.4 is 5.73 Å². The molecule has 4 heteroatoms. The fourth-order valence-electron chi connectivity index (χ4n) is 1.58. The van der Waals surface area contributed by atoms with Gasteiger partial charge in [-0.2, -0.15) is 5.26 Å². The second kappa shape index (κ2) is 3.04. The molecule has 2 rings (SSSR count). The fourth-order valence-corrected chi connectivity index (χ4v) is 1.58. The summed E-state index contributed by atoms with van der Waals surface area (Å²) in [5.41, 5.74) is 8.11. The van der Waals surface area contributed by atoms with Crippen LogP contribution in [0.3, 0.4) is 0 Å². The van der Waals surface area contributed by atoms with E-state index in [1.54, 1.807) is 22.9 Å². The minimum Gasteiger partial charge on any atom is -0.383 e. The molecular formula is C10H10N4. The minimum atomic E-state index is 0.596. The van der Waals surface area contributed by atoms with E-state index in [0.717, 1.165) is 17.6 Å². The standard InChI is InChI=1S/C10H10N4/c1-2-8-7(5-11)3-4-14-9(12)6-13-10(8)14/h3-4,6H,2,12H2,1H3. The molecule has 4 nitrogen and oxygen atoms in total. The van der Waals surface area contributed by atoms with Crippen LogP contribution in [0.4, 0.5) is 5.82 Å². The average molecular weight is 186 g/mol. The Morgan fingerprint density at radius 2 is 2.43 bits per heavy atom. The molecule has 0 saturated heterocycles. The zero-order valence-electron chi connectivity index (χ0n) is 7.86. The number of anilines is 1. The lowest BCUT2D eigenvalue weighted by Gasteiger charge is -2.03. The summed E-state index contributed by atoms with van der Waals surface area (Å²) in [6.45, 7) is 2.00. The number of nitrogen functional groups attached to an aromatic ring is 1. The third-order valence-electron chi connectivity index (χ3n) is 2.28. The molecular weight excluding hydrogens is 176 g/mol. The van der Waals surface area contributed by atoms with Gasteiger partial charge in [0.2, 0.25) is 0 Å². The van der Waals surface area contributed by atoms with Crippen molar-refractivity contribution in [2.75, 3.05) is 5.73 Å². The third-order valence-corrected chi connectivity index (χ3v) is 2.28. The number of aromatic nitrogens is 2. The Morgan fingerprint density at radius 3 is 3.07 bits per heavy atom. The van der Waals surface area contributed by atoms with Crippen molar-refractivity contribution >= 4 is 11.5 Å². The van der Waals surface area contributed by atoms with Crippen LogP contribution in [0.5, 0.6) is 0 Å². The molecule has 0 unspecified atom stereocenters. The summed E-state index contributed by atoms with van der Waals surface area (Å²) in [6.07, 6.45) is 4.16. The van der Waals surface area contributed by atoms with E-state index in [1.807, 2.05) is 6.92 Å². The molecule has 2 aromatic heterocycles. The molecule has 0 amide bonds. The van der Waals surface area contributed by atoms with Gasteiger partial charge >= 0.3 is 0 Å². The van der Waals surface area contributed by atoms with Crippen molar-refractivity contribution in [1.82, 2.24) is 9.38 Å². The van der Waals surface area contributed by atoms with E-state index >= 15 is 0 Å². The second-order valence-corrected chi connectivity index (χ2v) is 3.05. The van der Waals surface area contributed by atoms with Crippen molar-refractivity contribution in [2.24, 2.45) is 0 Å².